The topological polar surface area (TPSA) is 52.0 Å². The number of rotatable bonds is 4. The van der Waals surface area contributed by atoms with Crippen molar-refractivity contribution >= 4 is 17.4 Å². The fourth-order valence-corrected chi connectivity index (χ4v) is 3.27. The number of halogens is 1. The van der Waals surface area contributed by atoms with Crippen molar-refractivity contribution in [3.05, 3.63) is 58.7 Å². The molecule has 1 aliphatic rings. The fraction of sp³-hybridized carbons (Fsp3) is 0.333. The molecule has 0 aliphatic carbocycles. The lowest BCUT2D eigenvalue weighted by atomic mass is 9.88. The van der Waals surface area contributed by atoms with Crippen LogP contribution < -0.4 is 10.2 Å². The standard InChI is InChI=1S/C18H19ClN4/c1-23(18-7-2-13(8-20)9-22-18)12-15-10-21-11-17(15)14-3-5-16(19)6-4-14/h2-7,9,15,17,21H,10-12H2,1H3/t15-,17-/m1/s1. The third-order valence-electron chi connectivity index (χ3n) is 4.41. The van der Waals surface area contributed by atoms with Crippen LogP contribution in [-0.2, 0) is 0 Å². The van der Waals surface area contributed by atoms with Gasteiger partial charge in [0.15, 0.2) is 0 Å². The van der Waals surface area contributed by atoms with E-state index in [9.17, 15) is 0 Å². The third-order valence-corrected chi connectivity index (χ3v) is 4.67. The van der Waals surface area contributed by atoms with Crippen molar-refractivity contribution in [2.75, 3.05) is 31.6 Å². The molecule has 3 rings (SSSR count). The zero-order valence-electron chi connectivity index (χ0n) is 13.0. The Bertz CT molecular complexity index is 690. The number of benzene rings is 1. The zero-order chi connectivity index (χ0) is 16.2. The molecule has 5 heteroatoms. The number of nitriles is 1. The van der Waals surface area contributed by atoms with Gasteiger partial charge in [-0.3, -0.25) is 0 Å². The molecule has 1 aliphatic heterocycles. The minimum Gasteiger partial charge on any atom is -0.359 e. The summed E-state index contributed by atoms with van der Waals surface area (Å²) in [4.78, 5) is 6.52. The summed E-state index contributed by atoms with van der Waals surface area (Å²) < 4.78 is 0. The van der Waals surface area contributed by atoms with Gasteiger partial charge >= 0.3 is 0 Å². The summed E-state index contributed by atoms with van der Waals surface area (Å²) in [5.41, 5.74) is 1.91. The first-order valence-corrected chi connectivity index (χ1v) is 8.08. The Morgan fingerprint density at radius 1 is 1.26 bits per heavy atom. The molecule has 4 nitrogen and oxygen atoms in total. The largest absolute Gasteiger partial charge is 0.359 e. The first kappa shape index (κ1) is 15.8. The van der Waals surface area contributed by atoms with Crippen LogP contribution in [0.15, 0.2) is 42.6 Å². The molecule has 1 aromatic carbocycles. The highest BCUT2D eigenvalue weighted by Crippen LogP contribution is 2.30. The predicted molar refractivity (Wildman–Crippen MR) is 92.8 cm³/mol. The first-order valence-electron chi connectivity index (χ1n) is 7.71. The van der Waals surface area contributed by atoms with Crippen LogP contribution in [0.3, 0.4) is 0 Å². The highest BCUT2D eigenvalue weighted by atomic mass is 35.5. The number of nitrogens with zero attached hydrogens (tertiary/aromatic N) is 3. The monoisotopic (exact) mass is 326 g/mol. The van der Waals surface area contributed by atoms with E-state index in [4.69, 9.17) is 16.9 Å². The van der Waals surface area contributed by atoms with Gasteiger partial charge in [0.05, 0.1) is 5.56 Å². The molecule has 0 spiro atoms. The quantitative estimate of drug-likeness (QED) is 0.938. The average molecular weight is 327 g/mol. The molecule has 0 radical (unpaired) electrons. The molecular formula is C18H19ClN4. The van der Waals surface area contributed by atoms with E-state index in [-0.39, 0.29) is 0 Å². The first-order chi connectivity index (χ1) is 11.2. The van der Waals surface area contributed by atoms with Crippen molar-refractivity contribution in [3.8, 4) is 6.07 Å². The summed E-state index contributed by atoms with van der Waals surface area (Å²) in [5, 5.41) is 13.1. The van der Waals surface area contributed by atoms with Crippen molar-refractivity contribution < 1.29 is 0 Å². The van der Waals surface area contributed by atoms with E-state index in [0.29, 0.717) is 17.4 Å². The van der Waals surface area contributed by atoms with Gasteiger partial charge in [0, 0.05) is 43.8 Å². The van der Waals surface area contributed by atoms with Gasteiger partial charge < -0.3 is 10.2 Å². The summed E-state index contributed by atoms with van der Waals surface area (Å²) in [7, 11) is 2.05. The molecular weight excluding hydrogens is 308 g/mol. The van der Waals surface area contributed by atoms with Crippen molar-refractivity contribution in [1.29, 1.82) is 5.26 Å². The second-order valence-electron chi connectivity index (χ2n) is 5.97. The van der Waals surface area contributed by atoms with E-state index in [1.807, 2.05) is 31.3 Å². The minimum absolute atomic E-state index is 0.480. The lowest BCUT2D eigenvalue weighted by Crippen LogP contribution is -2.29. The van der Waals surface area contributed by atoms with Gasteiger partial charge in [0.25, 0.3) is 0 Å². The Morgan fingerprint density at radius 3 is 2.70 bits per heavy atom. The molecule has 118 valence electrons. The Balaban J connectivity index is 1.70. The molecule has 0 amide bonds. The van der Waals surface area contributed by atoms with E-state index in [0.717, 1.165) is 30.5 Å². The fourth-order valence-electron chi connectivity index (χ4n) is 3.15. The third kappa shape index (κ3) is 3.64. The zero-order valence-corrected chi connectivity index (χ0v) is 13.8. The molecule has 1 saturated heterocycles. The van der Waals surface area contributed by atoms with Gasteiger partial charge in [-0.15, -0.1) is 0 Å². The van der Waals surface area contributed by atoms with Gasteiger partial charge in [0.1, 0.15) is 11.9 Å². The van der Waals surface area contributed by atoms with Gasteiger partial charge in [0.2, 0.25) is 0 Å². The van der Waals surface area contributed by atoms with Gasteiger partial charge in [-0.25, -0.2) is 4.98 Å². The van der Waals surface area contributed by atoms with Crippen molar-refractivity contribution in [2.24, 2.45) is 5.92 Å². The minimum atomic E-state index is 0.480. The van der Waals surface area contributed by atoms with E-state index >= 15 is 0 Å². The number of hydrogen-bond acceptors (Lipinski definition) is 4. The van der Waals surface area contributed by atoms with Crippen LogP contribution in [0.4, 0.5) is 5.82 Å². The van der Waals surface area contributed by atoms with E-state index < -0.39 is 0 Å². The molecule has 2 aromatic rings. The van der Waals surface area contributed by atoms with Gasteiger partial charge in [-0.05, 0) is 35.7 Å². The van der Waals surface area contributed by atoms with Gasteiger partial charge in [-0.1, -0.05) is 23.7 Å². The SMILES string of the molecule is CN(C[C@H]1CNC[C@@H]1c1ccc(Cl)cc1)c1ccc(C#N)cn1. The molecule has 1 aromatic heterocycles. The summed E-state index contributed by atoms with van der Waals surface area (Å²) >= 11 is 5.99. The van der Waals surface area contributed by atoms with Crippen molar-refractivity contribution in [3.63, 3.8) is 0 Å². The number of anilines is 1. The number of nitrogens with one attached hydrogen (secondary N) is 1. The molecule has 1 fully saturated rings. The highest BCUT2D eigenvalue weighted by molar-refractivity contribution is 6.30. The molecule has 0 bridgehead atoms. The van der Waals surface area contributed by atoms with Gasteiger partial charge in [-0.2, -0.15) is 5.26 Å². The van der Waals surface area contributed by atoms with Crippen LogP contribution in [0.25, 0.3) is 0 Å². The Kier molecular flexibility index (Phi) is 4.80. The maximum atomic E-state index is 8.86. The second-order valence-corrected chi connectivity index (χ2v) is 6.41. The molecule has 0 unspecified atom stereocenters. The summed E-state index contributed by atoms with van der Waals surface area (Å²) in [6.45, 7) is 2.90. The number of aromatic nitrogens is 1. The van der Waals surface area contributed by atoms with Crippen LogP contribution in [0.5, 0.6) is 0 Å². The predicted octanol–water partition coefficient (Wildman–Crippen LogP) is 3.05. The van der Waals surface area contributed by atoms with Crippen molar-refractivity contribution in [2.45, 2.75) is 5.92 Å². The molecule has 2 atom stereocenters. The summed E-state index contributed by atoms with van der Waals surface area (Å²) in [6, 6.07) is 14.0. The maximum absolute atomic E-state index is 8.86. The second kappa shape index (κ2) is 6.99. The molecule has 1 N–H and O–H groups in total. The average Bonchev–Trinajstić information content (AvgIpc) is 3.03. The molecule has 23 heavy (non-hydrogen) atoms. The van der Waals surface area contributed by atoms with Crippen LogP contribution in [-0.4, -0.2) is 31.7 Å². The van der Waals surface area contributed by atoms with Crippen LogP contribution in [0.1, 0.15) is 17.0 Å². The Labute approximate surface area is 141 Å². The molecule has 2 heterocycles. The van der Waals surface area contributed by atoms with E-state index in [2.05, 4.69) is 33.4 Å². The van der Waals surface area contributed by atoms with Crippen LogP contribution >= 0.6 is 11.6 Å². The smallest absolute Gasteiger partial charge is 0.128 e. The number of hydrogen-bond donors (Lipinski definition) is 1. The van der Waals surface area contributed by atoms with Crippen LogP contribution in [0.2, 0.25) is 5.02 Å². The lowest BCUT2D eigenvalue weighted by Gasteiger charge is -2.26. The van der Waals surface area contributed by atoms with Crippen molar-refractivity contribution in [1.82, 2.24) is 10.3 Å². The van der Waals surface area contributed by atoms with E-state index in [1.54, 1.807) is 6.20 Å². The Morgan fingerprint density at radius 2 is 2.04 bits per heavy atom. The highest BCUT2D eigenvalue weighted by Gasteiger charge is 2.29. The maximum Gasteiger partial charge on any atom is 0.128 e. The summed E-state index contributed by atoms with van der Waals surface area (Å²) in [5.74, 6) is 1.89. The van der Waals surface area contributed by atoms with E-state index in [1.165, 1.54) is 5.56 Å². The van der Waals surface area contributed by atoms with Crippen LogP contribution in [0, 0.1) is 17.2 Å². The number of pyridine rings is 1. The lowest BCUT2D eigenvalue weighted by molar-refractivity contribution is 0.517. The normalized spacial score (nSPS) is 20.2. The molecule has 0 saturated carbocycles. The summed E-state index contributed by atoms with van der Waals surface area (Å²) in [6.07, 6.45) is 1.62. The Hall–Kier alpha value is -2.09.